The molecule has 40 heavy (non-hydrogen) atoms. The third-order valence-corrected chi connectivity index (χ3v) is 9.86. The van der Waals surface area contributed by atoms with Gasteiger partial charge in [0.15, 0.2) is 0 Å². The minimum atomic E-state index is -0.683. The van der Waals surface area contributed by atoms with Crippen molar-refractivity contribution in [1.29, 1.82) is 0 Å². The van der Waals surface area contributed by atoms with Gasteiger partial charge in [0.25, 0.3) is 0 Å². The molecule has 0 aromatic heterocycles. The van der Waals surface area contributed by atoms with Gasteiger partial charge in [-0.1, -0.05) is 55.9 Å². The predicted molar refractivity (Wildman–Crippen MR) is 159 cm³/mol. The standard InChI is InChI=1S/C35H45FN2O2/c1-2-26-9-6-11-28(21-26)12-7-10-27-17-19-37(20-18-27)23-31-24-38(25-33(31)30-15-8-16-32(36)22-30)34(35(39)40)29-13-4-3-5-14-29/h1,6,8-9,11,15-16,21-22,27,29,31,33-34H,3-5,7,10,12-14,17-20,23-25H2,(H,39,40)/t31-,33+,34+/m0/s1. The lowest BCUT2D eigenvalue weighted by molar-refractivity contribution is -0.145. The van der Waals surface area contributed by atoms with Crippen LogP contribution in [-0.4, -0.2) is 59.6 Å². The fraction of sp³-hybridized carbons (Fsp3) is 0.571. The van der Waals surface area contributed by atoms with Crippen LogP contribution in [0.25, 0.3) is 0 Å². The van der Waals surface area contributed by atoms with Gasteiger partial charge in [0, 0.05) is 31.1 Å². The maximum atomic E-state index is 14.2. The van der Waals surface area contributed by atoms with Gasteiger partial charge in [-0.25, -0.2) is 4.39 Å². The molecule has 1 N–H and O–H groups in total. The highest BCUT2D eigenvalue weighted by Crippen LogP contribution is 2.39. The molecular formula is C35H45FN2O2. The number of hydrogen-bond acceptors (Lipinski definition) is 3. The Bertz CT molecular complexity index is 1160. The molecule has 0 unspecified atom stereocenters. The van der Waals surface area contributed by atoms with Crippen molar-refractivity contribution < 1.29 is 14.3 Å². The van der Waals surface area contributed by atoms with Gasteiger partial charge in [0.1, 0.15) is 11.9 Å². The quantitative estimate of drug-likeness (QED) is 0.343. The van der Waals surface area contributed by atoms with E-state index in [-0.39, 0.29) is 17.7 Å². The van der Waals surface area contributed by atoms with Crippen molar-refractivity contribution in [1.82, 2.24) is 9.80 Å². The number of likely N-dealkylation sites (tertiary alicyclic amines) is 2. The summed E-state index contributed by atoms with van der Waals surface area (Å²) in [7, 11) is 0. The normalized spacial score (nSPS) is 24.1. The number of rotatable bonds is 10. The molecule has 4 nitrogen and oxygen atoms in total. The van der Waals surface area contributed by atoms with Crippen LogP contribution in [0.2, 0.25) is 0 Å². The maximum Gasteiger partial charge on any atom is 0.321 e. The van der Waals surface area contributed by atoms with Gasteiger partial charge in [0.2, 0.25) is 0 Å². The van der Waals surface area contributed by atoms with Crippen molar-refractivity contribution in [2.24, 2.45) is 17.8 Å². The second-order valence-electron chi connectivity index (χ2n) is 12.5. The van der Waals surface area contributed by atoms with Gasteiger partial charge in [-0.3, -0.25) is 9.69 Å². The van der Waals surface area contributed by atoms with Gasteiger partial charge in [-0.15, -0.1) is 6.42 Å². The number of nitrogens with zero attached hydrogens (tertiary/aromatic N) is 2. The minimum absolute atomic E-state index is 0.164. The van der Waals surface area contributed by atoms with E-state index >= 15 is 0 Å². The highest BCUT2D eigenvalue weighted by atomic mass is 19.1. The topological polar surface area (TPSA) is 43.8 Å². The van der Waals surface area contributed by atoms with Crippen LogP contribution in [0.15, 0.2) is 48.5 Å². The highest BCUT2D eigenvalue weighted by molar-refractivity contribution is 5.74. The number of carbonyl (C=O) groups is 1. The summed E-state index contributed by atoms with van der Waals surface area (Å²) in [6.07, 6.45) is 17.0. The summed E-state index contributed by atoms with van der Waals surface area (Å²) < 4.78 is 14.2. The summed E-state index contributed by atoms with van der Waals surface area (Å²) in [5.74, 6) is 3.30. The van der Waals surface area contributed by atoms with Crippen molar-refractivity contribution in [3.8, 4) is 12.3 Å². The lowest BCUT2D eigenvalue weighted by Gasteiger charge is -2.35. The summed E-state index contributed by atoms with van der Waals surface area (Å²) >= 11 is 0. The van der Waals surface area contributed by atoms with Crippen molar-refractivity contribution >= 4 is 5.97 Å². The predicted octanol–water partition coefficient (Wildman–Crippen LogP) is 6.59. The summed E-state index contributed by atoms with van der Waals surface area (Å²) in [4.78, 5) is 17.3. The summed E-state index contributed by atoms with van der Waals surface area (Å²) in [5.41, 5.74) is 3.31. The minimum Gasteiger partial charge on any atom is -0.480 e. The fourth-order valence-electron chi connectivity index (χ4n) is 7.74. The highest BCUT2D eigenvalue weighted by Gasteiger charge is 2.43. The van der Waals surface area contributed by atoms with E-state index in [1.807, 2.05) is 12.1 Å². The first-order chi connectivity index (χ1) is 19.5. The first-order valence-electron chi connectivity index (χ1n) is 15.5. The zero-order valence-electron chi connectivity index (χ0n) is 23.8. The van der Waals surface area contributed by atoms with Crippen molar-refractivity contribution in [3.63, 3.8) is 0 Å². The first kappa shape index (κ1) is 28.8. The Morgan fingerprint density at radius 1 is 1.02 bits per heavy atom. The van der Waals surface area contributed by atoms with Crippen LogP contribution in [0, 0.1) is 35.9 Å². The molecule has 2 saturated heterocycles. The molecule has 1 aliphatic carbocycles. The van der Waals surface area contributed by atoms with Crippen LogP contribution in [0.1, 0.15) is 80.4 Å². The number of hydrogen-bond donors (Lipinski definition) is 1. The Hall–Kier alpha value is -2.68. The third-order valence-electron chi connectivity index (χ3n) is 9.86. The molecule has 2 aliphatic heterocycles. The van der Waals surface area contributed by atoms with Crippen LogP contribution in [0.5, 0.6) is 0 Å². The lowest BCUT2D eigenvalue weighted by atomic mass is 9.83. The van der Waals surface area contributed by atoms with Crippen LogP contribution >= 0.6 is 0 Å². The van der Waals surface area contributed by atoms with E-state index in [0.29, 0.717) is 12.5 Å². The second kappa shape index (κ2) is 13.8. The number of aryl methyl sites for hydroxylation is 1. The van der Waals surface area contributed by atoms with E-state index in [1.54, 1.807) is 12.1 Å². The Kier molecular flexibility index (Phi) is 9.94. The van der Waals surface area contributed by atoms with E-state index in [2.05, 4.69) is 33.9 Å². The molecule has 0 spiro atoms. The van der Waals surface area contributed by atoms with E-state index < -0.39 is 12.0 Å². The Morgan fingerprint density at radius 2 is 1.80 bits per heavy atom. The van der Waals surface area contributed by atoms with Crippen LogP contribution < -0.4 is 0 Å². The number of piperidine rings is 1. The van der Waals surface area contributed by atoms with Gasteiger partial charge in [0.05, 0.1) is 0 Å². The molecule has 5 rings (SSSR count). The zero-order valence-corrected chi connectivity index (χ0v) is 23.8. The van der Waals surface area contributed by atoms with Gasteiger partial charge >= 0.3 is 5.97 Å². The largest absolute Gasteiger partial charge is 0.480 e. The zero-order chi connectivity index (χ0) is 27.9. The molecule has 2 heterocycles. The maximum absolute atomic E-state index is 14.2. The molecule has 0 bridgehead atoms. The molecule has 0 radical (unpaired) electrons. The van der Waals surface area contributed by atoms with Gasteiger partial charge < -0.3 is 10.0 Å². The Balaban J connectivity index is 1.18. The molecule has 2 aromatic carbocycles. The number of carboxylic acids is 1. The van der Waals surface area contributed by atoms with Gasteiger partial charge in [-0.05, 0) is 105 Å². The number of benzene rings is 2. The van der Waals surface area contributed by atoms with E-state index in [4.69, 9.17) is 6.42 Å². The smallest absolute Gasteiger partial charge is 0.321 e. The fourth-order valence-corrected chi connectivity index (χ4v) is 7.74. The van der Waals surface area contributed by atoms with E-state index in [0.717, 1.165) is 75.3 Å². The molecule has 3 fully saturated rings. The summed E-state index contributed by atoms with van der Waals surface area (Å²) in [6.45, 7) is 4.63. The van der Waals surface area contributed by atoms with Gasteiger partial charge in [-0.2, -0.15) is 0 Å². The molecule has 214 valence electrons. The van der Waals surface area contributed by atoms with Crippen LogP contribution in [0.4, 0.5) is 4.39 Å². The monoisotopic (exact) mass is 544 g/mol. The van der Waals surface area contributed by atoms with Crippen LogP contribution in [-0.2, 0) is 11.2 Å². The Morgan fingerprint density at radius 3 is 2.52 bits per heavy atom. The average molecular weight is 545 g/mol. The number of halogens is 1. The molecular weight excluding hydrogens is 499 g/mol. The summed E-state index contributed by atoms with van der Waals surface area (Å²) in [5, 5.41) is 10.3. The number of carboxylic acid groups (broad SMARTS) is 1. The van der Waals surface area contributed by atoms with E-state index in [9.17, 15) is 14.3 Å². The molecule has 0 amide bonds. The van der Waals surface area contributed by atoms with Crippen molar-refractivity contribution in [2.75, 3.05) is 32.7 Å². The number of terminal acetylenes is 1. The molecule has 2 aromatic rings. The molecule has 1 saturated carbocycles. The molecule has 5 heteroatoms. The lowest BCUT2D eigenvalue weighted by Crippen LogP contribution is -2.46. The van der Waals surface area contributed by atoms with Crippen LogP contribution in [0.3, 0.4) is 0 Å². The SMILES string of the molecule is C#Cc1cccc(CCCC2CCN(C[C@H]3CN([C@@H](C(=O)O)C4CCCCC4)C[C@@H]3c3cccc(F)c3)CC2)c1. The first-order valence-corrected chi connectivity index (χ1v) is 15.5. The molecule has 3 aliphatic rings. The summed E-state index contributed by atoms with van der Waals surface area (Å²) in [6, 6.07) is 14.9. The van der Waals surface area contributed by atoms with Crippen molar-refractivity contribution in [3.05, 3.63) is 71.0 Å². The second-order valence-corrected chi connectivity index (χ2v) is 12.5. The number of aliphatic carboxylic acids is 1. The Labute approximate surface area is 240 Å². The third kappa shape index (κ3) is 7.33. The average Bonchev–Trinajstić information content (AvgIpc) is 3.37. The molecule has 3 atom stereocenters. The van der Waals surface area contributed by atoms with E-state index in [1.165, 1.54) is 43.7 Å². The van der Waals surface area contributed by atoms with Crippen molar-refractivity contribution in [2.45, 2.75) is 76.2 Å².